The minimum absolute atomic E-state index is 0.0352. The average molecular weight is 212 g/mol. The molecule has 1 heterocycles. The zero-order chi connectivity index (χ0) is 11.3. The second kappa shape index (κ2) is 5.57. The molecule has 2 N–H and O–H groups in total. The van der Waals surface area contributed by atoms with Crippen LogP contribution >= 0.6 is 0 Å². The van der Waals surface area contributed by atoms with Crippen LogP contribution in [0.5, 0.6) is 0 Å². The van der Waals surface area contributed by atoms with E-state index < -0.39 is 0 Å². The van der Waals surface area contributed by atoms with Crippen molar-refractivity contribution in [3.63, 3.8) is 0 Å². The van der Waals surface area contributed by atoms with Crippen molar-refractivity contribution in [2.45, 2.75) is 26.5 Å². The molecular weight excluding hydrogens is 196 g/mol. The van der Waals surface area contributed by atoms with E-state index >= 15 is 0 Å². The van der Waals surface area contributed by atoms with Gasteiger partial charge in [-0.25, -0.2) is 0 Å². The normalized spacial score (nSPS) is 10.9. The largest absolute Gasteiger partial charge is 0.371 e. The molecule has 0 unspecified atom stereocenters. The Kier molecular flexibility index (Phi) is 4.38. The molecule has 0 aliphatic rings. The predicted molar refractivity (Wildman–Crippen MR) is 54.5 cm³/mol. The lowest BCUT2D eigenvalue weighted by Crippen LogP contribution is -2.14. The van der Waals surface area contributed by atoms with Gasteiger partial charge in [0.15, 0.2) is 5.69 Å². The van der Waals surface area contributed by atoms with Crippen LogP contribution in [0.3, 0.4) is 0 Å². The lowest BCUT2D eigenvalue weighted by Gasteiger charge is -2.04. The fraction of sp³-hybridized carbons (Fsp3) is 0.667. The molecule has 0 atom stereocenters. The summed E-state index contributed by atoms with van der Waals surface area (Å²) in [6, 6.07) is 0. The Balaban J connectivity index is 2.50. The van der Waals surface area contributed by atoms with E-state index in [0.717, 1.165) is 0 Å². The number of Topliss-reactive ketones (excluding diaryl/α,β-unsaturated/α-hetero) is 1. The Morgan fingerprint density at radius 1 is 1.67 bits per heavy atom. The van der Waals surface area contributed by atoms with Gasteiger partial charge in [-0.3, -0.25) is 9.48 Å². The van der Waals surface area contributed by atoms with Crippen LogP contribution in [-0.4, -0.2) is 40.0 Å². The van der Waals surface area contributed by atoms with Crippen molar-refractivity contribution in [3.8, 4) is 0 Å². The van der Waals surface area contributed by atoms with Crippen LogP contribution in [0.25, 0.3) is 0 Å². The third-order valence-electron chi connectivity index (χ3n) is 1.73. The summed E-state index contributed by atoms with van der Waals surface area (Å²) in [4.78, 5) is 11.5. The topological polar surface area (TPSA) is 83.0 Å². The van der Waals surface area contributed by atoms with Gasteiger partial charge in [-0.1, -0.05) is 5.21 Å². The lowest BCUT2D eigenvalue weighted by molar-refractivity contribution is 0.0580. The minimum Gasteiger partial charge on any atom is -0.371 e. The molecule has 0 radical (unpaired) electrons. The van der Waals surface area contributed by atoms with Crippen molar-refractivity contribution < 1.29 is 9.53 Å². The van der Waals surface area contributed by atoms with Crippen LogP contribution in [0.15, 0.2) is 6.20 Å². The summed E-state index contributed by atoms with van der Waals surface area (Å²) in [5.41, 5.74) is 5.67. The molecule has 6 nitrogen and oxygen atoms in total. The number of hydrogen-bond acceptors (Lipinski definition) is 5. The van der Waals surface area contributed by atoms with Gasteiger partial charge < -0.3 is 10.5 Å². The zero-order valence-electron chi connectivity index (χ0n) is 9.01. The second-order valence-electron chi connectivity index (χ2n) is 3.44. The summed E-state index contributed by atoms with van der Waals surface area (Å²) in [5, 5.41) is 7.50. The molecule has 1 rings (SSSR count). The number of rotatable bonds is 6. The fourth-order valence-electron chi connectivity index (χ4n) is 0.984. The molecular formula is C9H16N4O2. The van der Waals surface area contributed by atoms with Gasteiger partial charge in [0, 0.05) is 6.54 Å². The van der Waals surface area contributed by atoms with Crippen molar-refractivity contribution in [3.05, 3.63) is 11.9 Å². The Morgan fingerprint density at radius 2 is 2.40 bits per heavy atom. The quantitative estimate of drug-likeness (QED) is 0.663. The van der Waals surface area contributed by atoms with Crippen molar-refractivity contribution in [1.82, 2.24) is 15.0 Å². The summed E-state index contributed by atoms with van der Waals surface area (Å²) in [7, 11) is 0. The molecule has 1 aromatic rings. The summed E-state index contributed by atoms with van der Waals surface area (Å²) >= 11 is 0. The summed E-state index contributed by atoms with van der Waals surface area (Å²) < 4.78 is 6.72. The number of nitrogens with two attached hydrogens (primary N) is 1. The zero-order valence-corrected chi connectivity index (χ0v) is 9.01. The molecule has 0 amide bonds. The van der Waals surface area contributed by atoms with Crippen LogP contribution < -0.4 is 5.73 Å². The van der Waals surface area contributed by atoms with Crippen LogP contribution in [0.4, 0.5) is 0 Å². The Morgan fingerprint density at radius 3 is 3.00 bits per heavy atom. The van der Waals surface area contributed by atoms with Gasteiger partial charge in [0.25, 0.3) is 0 Å². The van der Waals surface area contributed by atoms with Crippen molar-refractivity contribution >= 4 is 5.78 Å². The molecule has 0 spiro atoms. The molecule has 0 bridgehead atoms. The number of hydrogen-bond donors (Lipinski definition) is 1. The maximum Gasteiger partial charge on any atom is 0.210 e. The highest BCUT2D eigenvalue weighted by Gasteiger charge is 2.11. The van der Waals surface area contributed by atoms with Gasteiger partial charge in [-0.15, -0.1) is 5.10 Å². The highest BCUT2D eigenvalue weighted by atomic mass is 16.5. The van der Waals surface area contributed by atoms with E-state index in [2.05, 4.69) is 10.3 Å². The van der Waals surface area contributed by atoms with Gasteiger partial charge in [0.05, 0.1) is 18.8 Å². The van der Waals surface area contributed by atoms with E-state index in [9.17, 15) is 4.79 Å². The van der Waals surface area contributed by atoms with E-state index in [-0.39, 0.29) is 18.5 Å². The van der Waals surface area contributed by atoms with Crippen LogP contribution in [0.2, 0.25) is 0 Å². The van der Waals surface area contributed by atoms with E-state index in [1.54, 1.807) is 10.9 Å². The van der Waals surface area contributed by atoms with Crippen LogP contribution in [0, 0.1) is 0 Å². The summed E-state index contributed by atoms with van der Waals surface area (Å²) in [5.74, 6) is -0.160. The number of carbonyl (C=O) groups excluding carboxylic acids is 1. The number of ether oxygens (including phenoxy) is 1. The van der Waals surface area contributed by atoms with Crippen molar-refractivity contribution in [2.24, 2.45) is 5.73 Å². The summed E-state index contributed by atoms with van der Waals surface area (Å²) in [6.07, 6.45) is 1.62. The van der Waals surface area contributed by atoms with E-state index in [0.29, 0.717) is 18.8 Å². The molecule has 0 aromatic carbocycles. The van der Waals surface area contributed by atoms with E-state index in [1.807, 2.05) is 13.8 Å². The monoisotopic (exact) mass is 212 g/mol. The predicted octanol–water partition coefficient (Wildman–Crippen LogP) is -0.155. The minimum atomic E-state index is -0.160. The molecule has 0 saturated heterocycles. The molecule has 0 fully saturated rings. The van der Waals surface area contributed by atoms with Gasteiger partial charge >= 0.3 is 0 Å². The van der Waals surface area contributed by atoms with Gasteiger partial charge in [-0.2, -0.15) is 0 Å². The first-order valence-corrected chi connectivity index (χ1v) is 4.88. The number of carbonyl (C=O) groups is 1. The fourth-order valence-corrected chi connectivity index (χ4v) is 0.984. The first-order chi connectivity index (χ1) is 7.13. The van der Waals surface area contributed by atoms with Gasteiger partial charge in [0.1, 0.15) is 6.61 Å². The smallest absolute Gasteiger partial charge is 0.210 e. The first-order valence-electron chi connectivity index (χ1n) is 4.88. The Bertz CT molecular complexity index is 322. The summed E-state index contributed by atoms with van der Waals surface area (Å²) in [6.45, 7) is 4.82. The van der Waals surface area contributed by atoms with E-state index in [1.165, 1.54) is 0 Å². The molecule has 1 aromatic heterocycles. The number of ketones is 1. The third kappa shape index (κ3) is 3.77. The molecule has 6 heteroatoms. The average Bonchev–Trinajstić information content (AvgIpc) is 2.63. The van der Waals surface area contributed by atoms with Crippen LogP contribution in [-0.2, 0) is 11.3 Å². The molecule has 0 saturated carbocycles. The molecule has 15 heavy (non-hydrogen) atoms. The Hall–Kier alpha value is -1.27. The number of aromatic nitrogens is 3. The SMILES string of the molecule is CC(C)OCC(=O)c1cn(CCN)nn1. The maximum atomic E-state index is 11.5. The van der Waals surface area contributed by atoms with Crippen molar-refractivity contribution in [2.75, 3.05) is 13.2 Å². The standard InChI is InChI=1S/C9H16N4O2/c1-7(2)15-6-9(14)8-5-13(4-3-10)12-11-8/h5,7H,3-4,6,10H2,1-2H3. The third-order valence-corrected chi connectivity index (χ3v) is 1.73. The molecule has 0 aliphatic carbocycles. The molecule has 0 aliphatic heterocycles. The highest BCUT2D eigenvalue weighted by Crippen LogP contribution is 1.97. The van der Waals surface area contributed by atoms with E-state index in [4.69, 9.17) is 10.5 Å². The Labute approximate surface area is 88.4 Å². The second-order valence-corrected chi connectivity index (χ2v) is 3.44. The van der Waals surface area contributed by atoms with Gasteiger partial charge in [0.2, 0.25) is 5.78 Å². The van der Waals surface area contributed by atoms with Gasteiger partial charge in [-0.05, 0) is 13.8 Å². The first kappa shape index (κ1) is 11.8. The molecule has 84 valence electrons. The van der Waals surface area contributed by atoms with Crippen LogP contribution in [0.1, 0.15) is 24.3 Å². The van der Waals surface area contributed by atoms with Crippen molar-refractivity contribution in [1.29, 1.82) is 0 Å². The highest BCUT2D eigenvalue weighted by molar-refractivity contribution is 5.94. The lowest BCUT2D eigenvalue weighted by atomic mass is 10.3. The number of nitrogens with zero attached hydrogens (tertiary/aromatic N) is 3. The maximum absolute atomic E-state index is 11.5.